The minimum Gasteiger partial charge on any atom is -0.307 e. The van der Waals surface area contributed by atoms with E-state index in [1.54, 1.807) is 11.3 Å². The monoisotopic (exact) mass is 272 g/mol. The van der Waals surface area contributed by atoms with Gasteiger partial charge in [0.1, 0.15) is 0 Å². The molecule has 2 unspecified atom stereocenters. The number of rotatable bonds is 3. The Morgan fingerprint density at radius 2 is 2.11 bits per heavy atom. The molecule has 1 aromatic heterocycles. The summed E-state index contributed by atoms with van der Waals surface area (Å²) in [5, 5.41) is 8.08. The lowest BCUT2D eigenvalue weighted by atomic mass is 10.0. The molecule has 0 saturated carbocycles. The first-order chi connectivity index (χ1) is 9.33. The van der Waals surface area contributed by atoms with Crippen LogP contribution in [0.1, 0.15) is 24.1 Å². The standard InChI is InChI=1S/C16H20N2S/c1-13-9-17-16(15-5-3-2-4-6-15)11-18(13)10-14-7-8-19-12-14/h2-8,12-13,16-17H,9-11H2,1H3. The molecule has 3 rings (SSSR count). The smallest absolute Gasteiger partial charge is 0.0450 e. The molecule has 2 heterocycles. The first-order valence-electron chi connectivity index (χ1n) is 6.86. The molecule has 2 nitrogen and oxygen atoms in total. The summed E-state index contributed by atoms with van der Waals surface area (Å²) in [5.74, 6) is 0. The quantitative estimate of drug-likeness (QED) is 0.922. The van der Waals surface area contributed by atoms with E-state index < -0.39 is 0 Å². The number of nitrogens with zero attached hydrogens (tertiary/aromatic N) is 1. The summed E-state index contributed by atoms with van der Waals surface area (Å²) in [7, 11) is 0. The third-order valence-electron chi connectivity index (χ3n) is 3.87. The summed E-state index contributed by atoms with van der Waals surface area (Å²) in [6, 6.07) is 14.1. The van der Waals surface area contributed by atoms with Crippen molar-refractivity contribution in [1.82, 2.24) is 10.2 Å². The lowest BCUT2D eigenvalue weighted by molar-refractivity contribution is 0.133. The van der Waals surface area contributed by atoms with E-state index in [0.717, 1.165) is 19.6 Å². The summed E-state index contributed by atoms with van der Waals surface area (Å²) < 4.78 is 0. The van der Waals surface area contributed by atoms with Gasteiger partial charge in [-0.3, -0.25) is 4.90 Å². The van der Waals surface area contributed by atoms with Crippen LogP contribution in [-0.2, 0) is 6.54 Å². The SMILES string of the molecule is CC1CNC(c2ccccc2)CN1Cc1ccsc1. The van der Waals surface area contributed by atoms with Crippen LogP contribution in [0.25, 0.3) is 0 Å². The maximum absolute atomic E-state index is 3.66. The van der Waals surface area contributed by atoms with E-state index in [-0.39, 0.29) is 0 Å². The van der Waals surface area contributed by atoms with Gasteiger partial charge >= 0.3 is 0 Å². The van der Waals surface area contributed by atoms with Crippen LogP contribution in [0.4, 0.5) is 0 Å². The highest BCUT2D eigenvalue weighted by atomic mass is 32.1. The second kappa shape index (κ2) is 5.87. The largest absolute Gasteiger partial charge is 0.307 e. The van der Waals surface area contributed by atoms with Crippen molar-refractivity contribution in [1.29, 1.82) is 0 Å². The van der Waals surface area contributed by atoms with E-state index in [4.69, 9.17) is 0 Å². The molecule has 0 bridgehead atoms. The molecule has 1 N–H and O–H groups in total. The van der Waals surface area contributed by atoms with Crippen LogP contribution < -0.4 is 5.32 Å². The molecular formula is C16H20N2S. The first-order valence-corrected chi connectivity index (χ1v) is 7.80. The highest BCUT2D eigenvalue weighted by Gasteiger charge is 2.25. The minimum atomic E-state index is 0.455. The second-order valence-electron chi connectivity index (χ2n) is 5.28. The Morgan fingerprint density at radius 3 is 2.84 bits per heavy atom. The zero-order chi connectivity index (χ0) is 13.1. The summed E-state index contributed by atoms with van der Waals surface area (Å²) in [6.45, 7) is 5.51. The molecule has 2 aromatic rings. The van der Waals surface area contributed by atoms with Crippen LogP contribution in [0, 0.1) is 0 Å². The predicted molar refractivity (Wildman–Crippen MR) is 81.4 cm³/mol. The maximum atomic E-state index is 3.66. The number of hydrogen-bond donors (Lipinski definition) is 1. The minimum absolute atomic E-state index is 0.455. The van der Waals surface area contributed by atoms with Gasteiger partial charge in [-0.1, -0.05) is 30.3 Å². The third kappa shape index (κ3) is 3.06. The average molecular weight is 272 g/mol. The van der Waals surface area contributed by atoms with Gasteiger partial charge in [0.25, 0.3) is 0 Å². The van der Waals surface area contributed by atoms with Crippen molar-refractivity contribution in [3.63, 3.8) is 0 Å². The first kappa shape index (κ1) is 12.9. The van der Waals surface area contributed by atoms with Crippen LogP contribution in [0.2, 0.25) is 0 Å². The van der Waals surface area contributed by atoms with Crippen molar-refractivity contribution in [3.8, 4) is 0 Å². The molecule has 100 valence electrons. The van der Waals surface area contributed by atoms with Crippen molar-refractivity contribution < 1.29 is 0 Å². The van der Waals surface area contributed by atoms with E-state index in [9.17, 15) is 0 Å². The van der Waals surface area contributed by atoms with E-state index in [0.29, 0.717) is 12.1 Å². The van der Waals surface area contributed by atoms with Crippen LogP contribution in [-0.4, -0.2) is 24.0 Å². The zero-order valence-electron chi connectivity index (χ0n) is 11.3. The van der Waals surface area contributed by atoms with Crippen LogP contribution >= 0.6 is 11.3 Å². The summed E-state index contributed by atoms with van der Waals surface area (Å²) in [5.41, 5.74) is 2.83. The molecule has 2 atom stereocenters. The molecule has 1 aromatic carbocycles. The van der Waals surface area contributed by atoms with E-state index in [1.165, 1.54) is 11.1 Å². The number of benzene rings is 1. The predicted octanol–water partition coefficient (Wildman–Crippen LogP) is 3.28. The second-order valence-corrected chi connectivity index (χ2v) is 6.06. The zero-order valence-corrected chi connectivity index (χ0v) is 12.1. The van der Waals surface area contributed by atoms with Crippen LogP contribution in [0.3, 0.4) is 0 Å². The van der Waals surface area contributed by atoms with Crippen LogP contribution in [0.15, 0.2) is 47.2 Å². The fraction of sp³-hybridized carbons (Fsp3) is 0.375. The fourth-order valence-electron chi connectivity index (χ4n) is 2.67. The Kier molecular flexibility index (Phi) is 3.97. The number of piperazine rings is 1. The van der Waals surface area contributed by atoms with Crippen molar-refractivity contribution in [3.05, 3.63) is 58.3 Å². The molecule has 1 aliphatic rings. The highest BCUT2D eigenvalue weighted by Crippen LogP contribution is 2.22. The van der Waals surface area contributed by atoms with Crippen molar-refractivity contribution in [2.75, 3.05) is 13.1 Å². The van der Waals surface area contributed by atoms with Gasteiger partial charge in [-0.05, 0) is 34.9 Å². The van der Waals surface area contributed by atoms with Gasteiger partial charge in [0.05, 0.1) is 0 Å². The van der Waals surface area contributed by atoms with Crippen molar-refractivity contribution in [2.45, 2.75) is 25.6 Å². The Bertz CT molecular complexity index is 495. The molecule has 0 radical (unpaired) electrons. The Balaban J connectivity index is 1.70. The summed E-state index contributed by atoms with van der Waals surface area (Å²) in [4.78, 5) is 2.58. The van der Waals surface area contributed by atoms with Gasteiger partial charge in [-0.15, -0.1) is 0 Å². The lowest BCUT2D eigenvalue weighted by Crippen LogP contribution is -2.50. The average Bonchev–Trinajstić information content (AvgIpc) is 2.95. The molecule has 0 aliphatic carbocycles. The normalized spacial score (nSPS) is 24.5. The topological polar surface area (TPSA) is 15.3 Å². The molecule has 1 fully saturated rings. The molecule has 1 aliphatic heterocycles. The number of nitrogens with one attached hydrogen (secondary N) is 1. The van der Waals surface area contributed by atoms with E-state index in [2.05, 4.69) is 64.3 Å². The number of hydrogen-bond acceptors (Lipinski definition) is 3. The van der Waals surface area contributed by atoms with E-state index in [1.807, 2.05) is 0 Å². The van der Waals surface area contributed by atoms with Gasteiger partial charge in [-0.25, -0.2) is 0 Å². The van der Waals surface area contributed by atoms with Gasteiger partial charge in [0, 0.05) is 31.7 Å². The fourth-order valence-corrected chi connectivity index (χ4v) is 3.33. The molecule has 1 saturated heterocycles. The highest BCUT2D eigenvalue weighted by molar-refractivity contribution is 7.07. The Labute approximate surface area is 119 Å². The van der Waals surface area contributed by atoms with Crippen LogP contribution in [0.5, 0.6) is 0 Å². The molecule has 0 amide bonds. The molecule has 19 heavy (non-hydrogen) atoms. The molecule has 0 spiro atoms. The lowest BCUT2D eigenvalue weighted by Gasteiger charge is -2.39. The van der Waals surface area contributed by atoms with Gasteiger partial charge in [0.2, 0.25) is 0 Å². The van der Waals surface area contributed by atoms with Gasteiger partial charge in [0.15, 0.2) is 0 Å². The summed E-state index contributed by atoms with van der Waals surface area (Å²) >= 11 is 1.78. The van der Waals surface area contributed by atoms with Gasteiger partial charge in [-0.2, -0.15) is 11.3 Å². The van der Waals surface area contributed by atoms with E-state index >= 15 is 0 Å². The molecular weight excluding hydrogens is 252 g/mol. The molecule has 3 heteroatoms. The van der Waals surface area contributed by atoms with Gasteiger partial charge < -0.3 is 5.32 Å². The number of thiophene rings is 1. The van der Waals surface area contributed by atoms with Crippen molar-refractivity contribution in [2.24, 2.45) is 0 Å². The summed E-state index contributed by atoms with van der Waals surface area (Å²) in [6.07, 6.45) is 0. The maximum Gasteiger partial charge on any atom is 0.0450 e. The third-order valence-corrected chi connectivity index (χ3v) is 4.60. The van der Waals surface area contributed by atoms with Crippen molar-refractivity contribution >= 4 is 11.3 Å². The Hall–Kier alpha value is -1.16. The Morgan fingerprint density at radius 1 is 1.26 bits per heavy atom.